The summed E-state index contributed by atoms with van der Waals surface area (Å²) in [7, 11) is -4.38. The summed E-state index contributed by atoms with van der Waals surface area (Å²) in [4.78, 5) is 44.2. The van der Waals surface area contributed by atoms with E-state index in [-0.39, 0.29) is 12.0 Å². The Morgan fingerprint density at radius 3 is 2.62 bits per heavy atom. The molecule has 1 aliphatic rings. The van der Waals surface area contributed by atoms with Crippen LogP contribution in [-0.2, 0) is 14.0 Å². The van der Waals surface area contributed by atoms with E-state index < -0.39 is 37.3 Å². The Morgan fingerprint density at radius 1 is 1.46 bits per heavy atom. The second-order valence-electron chi connectivity index (χ2n) is 6.65. The highest BCUT2D eigenvalue weighted by Crippen LogP contribution is 2.44. The molecule has 9 nitrogen and oxygen atoms in total. The van der Waals surface area contributed by atoms with Crippen molar-refractivity contribution < 1.29 is 23.8 Å². The molecule has 1 unspecified atom stereocenters. The lowest BCUT2D eigenvalue weighted by atomic mass is 9.94. The molecule has 0 radical (unpaired) electrons. The molecule has 26 heavy (non-hydrogen) atoms. The summed E-state index contributed by atoms with van der Waals surface area (Å²) < 4.78 is 24.6. The minimum absolute atomic E-state index is 0.144. The average Bonchev–Trinajstić information content (AvgIpc) is 2.83. The van der Waals surface area contributed by atoms with Crippen molar-refractivity contribution in [2.45, 2.75) is 58.7 Å². The number of aromatic amines is 1. The molecule has 1 aromatic rings. The summed E-state index contributed by atoms with van der Waals surface area (Å²) in [6, 6.07) is 1.22. The van der Waals surface area contributed by atoms with Crippen LogP contribution in [0.2, 0.25) is 0 Å². The molecule has 0 saturated carbocycles. The molecule has 3 N–H and O–H groups in total. The van der Waals surface area contributed by atoms with E-state index in [4.69, 9.17) is 9.47 Å². The number of aromatic nitrogens is 2. The predicted octanol–water partition coefficient (Wildman–Crippen LogP) is 1.34. The normalized spacial score (nSPS) is 27.3. The van der Waals surface area contributed by atoms with Gasteiger partial charge in [-0.15, -0.1) is 0 Å². The summed E-state index contributed by atoms with van der Waals surface area (Å²) in [5.74, 6) is 0.616. The molecule has 2 rings (SSSR count). The van der Waals surface area contributed by atoms with E-state index in [9.17, 15) is 23.9 Å². The van der Waals surface area contributed by atoms with Crippen LogP contribution in [0.5, 0.6) is 0 Å². The van der Waals surface area contributed by atoms with Crippen LogP contribution in [0.3, 0.4) is 0 Å². The van der Waals surface area contributed by atoms with Gasteiger partial charge in [0.25, 0.3) is 5.56 Å². The third-order valence-electron chi connectivity index (χ3n) is 4.22. The molecule has 1 aromatic heterocycles. The molecule has 10 heteroatoms. The molecule has 1 fully saturated rings. The Hall–Kier alpha value is -1.51. The van der Waals surface area contributed by atoms with Gasteiger partial charge in [0.2, 0.25) is 0 Å². The summed E-state index contributed by atoms with van der Waals surface area (Å²) in [5.41, 5.74) is -0.787. The monoisotopic (exact) mass is 388 g/mol. The molecule has 0 aliphatic carbocycles. The number of nitrogens with one attached hydrogen (secondary N) is 1. The summed E-state index contributed by atoms with van der Waals surface area (Å²) in [5, 5.41) is 0. The first-order valence-electron chi connectivity index (χ1n) is 8.40. The van der Waals surface area contributed by atoms with E-state index in [0.29, 0.717) is 12.0 Å². The van der Waals surface area contributed by atoms with Crippen molar-refractivity contribution in [1.82, 2.24) is 9.55 Å². The standard InChI is InChI=1S/C16H25N2O7P/c1-5-11-14(24-9(2)3)13(10(4)8-26(21,22)23)25-15(11)18-7-6-12(19)17-16(18)20/h6-9,11,13-15H,5H2,1-4H3,(H,17,19,20)(H2,21,22,23)/b10-8+/t11?,13-,14-,15-/m1/s1. The molecular formula is C16H25N2O7P. The maximum absolute atomic E-state index is 12.2. The minimum atomic E-state index is -4.38. The van der Waals surface area contributed by atoms with E-state index in [1.807, 2.05) is 20.8 Å². The molecule has 0 amide bonds. The van der Waals surface area contributed by atoms with Crippen LogP contribution in [-0.4, -0.2) is 37.6 Å². The van der Waals surface area contributed by atoms with E-state index >= 15 is 0 Å². The third-order valence-corrected chi connectivity index (χ3v) is 4.96. The lowest BCUT2D eigenvalue weighted by Crippen LogP contribution is -2.36. The first-order valence-corrected chi connectivity index (χ1v) is 10.1. The van der Waals surface area contributed by atoms with E-state index in [0.717, 1.165) is 5.82 Å². The van der Waals surface area contributed by atoms with Gasteiger partial charge in [-0.2, -0.15) is 0 Å². The third kappa shape index (κ3) is 4.81. The lowest BCUT2D eigenvalue weighted by Gasteiger charge is -2.26. The van der Waals surface area contributed by atoms with Crippen molar-refractivity contribution in [3.8, 4) is 0 Å². The maximum Gasteiger partial charge on any atom is 0.349 e. The summed E-state index contributed by atoms with van der Waals surface area (Å²) in [6.45, 7) is 7.18. The zero-order valence-electron chi connectivity index (χ0n) is 15.2. The topological polar surface area (TPSA) is 131 Å². The molecular weight excluding hydrogens is 363 g/mol. The van der Waals surface area contributed by atoms with Crippen molar-refractivity contribution in [3.63, 3.8) is 0 Å². The first kappa shape index (κ1) is 20.8. The van der Waals surface area contributed by atoms with Gasteiger partial charge in [-0.05, 0) is 32.8 Å². The van der Waals surface area contributed by atoms with Gasteiger partial charge in [-0.1, -0.05) is 6.92 Å². The van der Waals surface area contributed by atoms with Crippen LogP contribution in [0.4, 0.5) is 0 Å². The number of H-pyrrole nitrogens is 1. The Bertz CT molecular complexity index is 822. The van der Waals surface area contributed by atoms with Crippen molar-refractivity contribution in [3.05, 3.63) is 44.5 Å². The number of hydrogen-bond donors (Lipinski definition) is 3. The average molecular weight is 388 g/mol. The number of ether oxygens (including phenoxy) is 2. The van der Waals surface area contributed by atoms with Gasteiger partial charge in [0.1, 0.15) is 12.3 Å². The Morgan fingerprint density at radius 2 is 2.12 bits per heavy atom. The van der Waals surface area contributed by atoms with Crippen molar-refractivity contribution in [2.75, 3.05) is 0 Å². The summed E-state index contributed by atoms with van der Waals surface area (Å²) in [6.07, 6.45) is -0.128. The van der Waals surface area contributed by atoms with Crippen LogP contribution < -0.4 is 11.2 Å². The highest BCUT2D eigenvalue weighted by Gasteiger charge is 2.46. The van der Waals surface area contributed by atoms with Gasteiger partial charge in [0.05, 0.1) is 12.2 Å². The number of rotatable bonds is 6. The zero-order chi connectivity index (χ0) is 19.6. The lowest BCUT2D eigenvalue weighted by molar-refractivity contribution is -0.0415. The first-order chi connectivity index (χ1) is 12.0. The second-order valence-corrected chi connectivity index (χ2v) is 8.08. The van der Waals surface area contributed by atoms with Crippen LogP contribution >= 0.6 is 7.60 Å². The zero-order valence-corrected chi connectivity index (χ0v) is 16.1. The Balaban J connectivity index is 2.48. The second kappa shape index (κ2) is 8.02. The van der Waals surface area contributed by atoms with Crippen LogP contribution in [0.1, 0.15) is 40.3 Å². The molecule has 146 valence electrons. The molecule has 1 aliphatic heterocycles. The van der Waals surface area contributed by atoms with Gasteiger partial charge in [-0.25, -0.2) is 4.79 Å². The van der Waals surface area contributed by atoms with Gasteiger partial charge in [0, 0.05) is 24.0 Å². The maximum atomic E-state index is 12.2. The Labute approximate surface area is 150 Å². The van der Waals surface area contributed by atoms with Crippen LogP contribution in [0.15, 0.2) is 33.2 Å². The minimum Gasteiger partial charge on any atom is -0.372 e. The van der Waals surface area contributed by atoms with Gasteiger partial charge in [-0.3, -0.25) is 18.9 Å². The number of hydrogen-bond acceptors (Lipinski definition) is 5. The van der Waals surface area contributed by atoms with Crippen LogP contribution in [0, 0.1) is 5.92 Å². The fourth-order valence-electron chi connectivity index (χ4n) is 3.24. The van der Waals surface area contributed by atoms with Crippen LogP contribution in [0.25, 0.3) is 0 Å². The van der Waals surface area contributed by atoms with Gasteiger partial charge < -0.3 is 19.3 Å². The predicted molar refractivity (Wildman–Crippen MR) is 94.8 cm³/mol. The van der Waals surface area contributed by atoms with Gasteiger partial charge >= 0.3 is 13.3 Å². The highest BCUT2D eigenvalue weighted by molar-refractivity contribution is 7.55. The molecule has 0 aromatic carbocycles. The van der Waals surface area contributed by atoms with Crippen molar-refractivity contribution in [1.29, 1.82) is 0 Å². The van der Waals surface area contributed by atoms with Crippen molar-refractivity contribution in [2.24, 2.45) is 5.92 Å². The fourth-order valence-corrected chi connectivity index (χ4v) is 3.92. The number of nitrogens with zero attached hydrogens (tertiary/aromatic N) is 1. The molecule has 2 heterocycles. The fraction of sp³-hybridized carbons (Fsp3) is 0.625. The molecule has 0 bridgehead atoms. The highest BCUT2D eigenvalue weighted by atomic mass is 31.2. The van der Waals surface area contributed by atoms with E-state index in [1.165, 1.54) is 16.8 Å². The molecule has 1 saturated heterocycles. The van der Waals surface area contributed by atoms with Crippen molar-refractivity contribution >= 4 is 7.60 Å². The SMILES string of the molecule is CCC1[C@@H](OC(C)C)[C@@H](/C(C)=C/P(=O)(O)O)O[C@H]1n1ccc(=O)[nH]c1=O. The van der Waals surface area contributed by atoms with E-state index in [1.54, 1.807) is 6.92 Å². The largest absolute Gasteiger partial charge is 0.372 e. The Kier molecular flexibility index (Phi) is 6.42. The molecule has 4 atom stereocenters. The molecule has 0 spiro atoms. The smallest absolute Gasteiger partial charge is 0.349 e. The van der Waals surface area contributed by atoms with Gasteiger partial charge in [0.15, 0.2) is 0 Å². The quantitative estimate of drug-likeness (QED) is 0.627. The van der Waals surface area contributed by atoms with E-state index in [2.05, 4.69) is 4.98 Å². The summed E-state index contributed by atoms with van der Waals surface area (Å²) >= 11 is 0.